The Morgan fingerprint density at radius 3 is 2.76 bits per heavy atom. The summed E-state index contributed by atoms with van der Waals surface area (Å²) >= 11 is 6.09. The van der Waals surface area contributed by atoms with Gasteiger partial charge >= 0.3 is 0 Å². The molecule has 1 aromatic carbocycles. The van der Waals surface area contributed by atoms with E-state index in [1.165, 1.54) is 25.7 Å². The van der Waals surface area contributed by atoms with Gasteiger partial charge in [-0.3, -0.25) is 0 Å². The highest BCUT2D eigenvalue weighted by Gasteiger charge is 2.19. The van der Waals surface area contributed by atoms with E-state index in [0.717, 1.165) is 17.4 Å². The Kier molecular flexibility index (Phi) is 4.16. The van der Waals surface area contributed by atoms with E-state index in [9.17, 15) is 0 Å². The van der Waals surface area contributed by atoms with Crippen LogP contribution in [0.2, 0.25) is 5.02 Å². The molecule has 0 amide bonds. The Hall–Kier alpha value is -0.890. The summed E-state index contributed by atoms with van der Waals surface area (Å²) in [6.07, 6.45) is 5.46. The fourth-order valence-electron chi connectivity index (χ4n) is 2.33. The second-order valence-electron chi connectivity index (χ2n) is 4.93. The lowest BCUT2D eigenvalue weighted by Gasteiger charge is -2.29. The molecule has 1 unspecified atom stereocenters. The molecule has 2 rings (SSSR count). The van der Waals surface area contributed by atoms with Crippen LogP contribution < -0.4 is 10.1 Å². The minimum absolute atomic E-state index is 0.504. The lowest BCUT2D eigenvalue weighted by atomic mass is 9.81. The Labute approximate surface area is 108 Å². The maximum Gasteiger partial charge on any atom is 0.137 e. The lowest BCUT2D eigenvalue weighted by molar-refractivity contribution is 0.286. The summed E-state index contributed by atoms with van der Waals surface area (Å²) < 4.78 is 5.14. The van der Waals surface area contributed by atoms with Gasteiger partial charge in [-0.2, -0.15) is 0 Å². The van der Waals surface area contributed by atoms with Crippen molar-refractivity contribution >= 4 is 17.3 Å². The van der Waals surface area contributed by atoms with Crippen LogP contribution in [0.3, 0.4) is 0 Å². The van der Waals surface area contributed by atoms with Gasteiger partial charge in [0.2, 0.25) is 0 Å². The number of rotatable bonds is 5. The standard InChI is InChI=1S/C14H20ClNO/c1-10(8-11-4-3-5-11)16-12-6-7-14(17-2)13(15)9-12/h6-7,9-11,16H,3-5,8H2,1-2H3. The van der Waals surface area contributed by atoms with Crippen molar-refractivity contribution in [2.75, 3.05) is 12.4 Å². The number of hydrogen-bond acceptors (Lipinski definition) is 2. The molecule has 0 spiro atoms. The third-order valence-electron chi connectivity index (χ3n) is 3.48. The van der Waals surface area contributed by atoms with Crippen molar-refractivity contribution in [1.29, 1.82) is 0 Å². The van der Waals surface area contributed by atoms with Gasteiger partial charge < -0.3 is 10.1 Å². The fraction of sp³-hybridized carbons (Fsp3) is 0.571. The van der Waals surface area contributed by atoms with Crippen LogP contribution in [-0.4, -0.2) is 13.2 Å². The molecule has 0 radical (unpaired) electrons. The first-order valence-corrected chi connectivity index (χ1v) is 6.67. The van der Waals surface area contributed by atoms with Gasteiger partial charge in [-0.15, -0.1) is 0 Å². The van der Waals surface area contributed by atoms with Crippen molar-refractivity contribution in [3.8, 4) is 5.75 Å². The predicted octanol–water partition coefficient (Wildman–Crippen LogP) is 4.34. The van der Waals surface area contributed by atoms with E-state index >= 15 is 0 Å². The number of halogens is 1. The van der Waals surface area contributed by atoms with Crippen LogP contribution in [0, 0.1) is 5.92 Å². The Morgan fingerprint density at radius 1 is 1.47 bits per heavy atom. The molecule has 1 saturated carbocycles. The van der Waals surface area contributed by atoms with Gasteiger partial charge in [-0.1, -0.05) is 30.9 Å². The third kappa shape index (κ3) is 3.29. The van der Waals surface area contributed by atoms with Crippen molar-refractivity contribution in [3.63, 3.8) is 0 Å². The average molecular weight is 254 g/mol. The van der Waals surface area contributed by atoms with Crippen molar-refractivity contribution in [1.82, 2.24) is 0 Å². The number of methoxy groups -OCH3 is 1. The minimum atomic E-state index is 0.504. The highest BCUT2D eigenvalue weighted by Crippen LogP contribution is 2.32. The summed E-state index contributed by atoms with van der Waals surface area (Å²) in [7, 11) is 1.63. The lowest BCUT2D eigenvalue weighted by Crippen LogP contribution is -2.23. The smallest absolute Gasteiger partial charge is 0.137 e. The van der Waals surface area contributed by atoms with Gasteiger partial charge in [-0.25, -0.2) is 0 Å². The number of hydrogen-bond donors (Lipinski definition) is 1. The highest BCUT2D eigenvalue weighted by molar-refractivity contribution is 6.32. The van der Waals surface area contributed by atoms with Crippen molar-refractivity contribution in [2.24, 2.45) is 5.92 Å². The highest BCUT2D eigenvalue weighted by atomic mass is 35.5. The largest absolute Gasteiger partial charge is 0.495 e. The van der Waals surface area contributed by atoms with Gasteiger partial charge in [-0.05, 0) is 37.5 Å². The maximum atomic E-state index is 6.09. The van der Waals surface area contributed by atoms with E-state index in [2.05, 4.69) is 12.2 Å². The fourth-order valence-corrected chi connectivity index (χ4v) is 2.59. The van der Waals surface area contributed by atoms with Crippen LogP contribution >= 0.6 is 11.6 Å². The Balaban J connectivity index is 1.90. The molecule has 0 aromatic heterocycles. The summed E-state index contributed by atoms with van der Waals surface area (Å²) in [4.78, 5) is 0. The van der Waals surface area contributed by atoms with E-state index in [4.69, 9.17) is 16.3 Å². The number of ether oxygens (including phenoxy) is 1. The van der Waals surface area contributed by atoms with Crippen molar-refractivity contribution in [2.45, 2.75) is 38.6 Å². The van der Waals surface area contributed by atoms with Gasteiger partial charge in [0.15, 0.2) is 0 Å². The van der Waals surface area contributed by atoms with Crippen LogP contribution in [-0.2, 0) is 0 Å². The molecule has 1 aliphatic carbocycles. The van der Waals surface area contributed by atoms with Crippen LogP contribution in [0.25, 0.3) is 0 Å². The Bertz CT molecular complexity index is 376. The maximum absolute atomic E-state index is 6.09. The molecule has 0 heterocycles. The number of anilines is 1. The summed E-state index contributed by atoms with van der Waals surface area (Å²) in [6, 6.07) is 6.35. The molecule has 0 saturated heterocycles. The molecular weight excluding hydrogens is 234 g/mol. The average Bonchev–Trinajstić information content (AvgIpc) is 2.24. The molecule has 1 aliphatic rings. The summed E-state index contributed by atoms with van der Waals surface area (Å²) in [5.41, 5.74) is 1.07. The second-order valence-corrected chi connectivity index (χ2v) is 5.33. The zero-order valence-electron chi connectivity index (χ0n) is 10.5. The topological polar surface area (TPSA) is 21.3 Å². The zero-order chi connectivity index (χ0) is 12.3. The first-order valence-electron chi connectivity index (χ1n) is 6.29. The summed E-state index contributed by atoms with van der Waals surface area (Å²) in [6.45, 7) is 2.23. The number of nitrogens with one attached hydrogen (secondary N) is 1. The molecule has 0 bridgehead atoms. The SMILES string of the molecule is COc1ccc(NC(C)CC2CCC2)cc1Cl. The summed E-state index contributed by atoms with van der Waals surface area (Å²) in [5, 5.41) is 4.15. The van der Waals surface area contributed by atoms with E-state index in [1.54, 1.807) is 7.11 Å². The van der Waals surface area contributed by atoms with Crippen LogP contribution in [0.4, 0.5) is 5.69 Å². The van der Waals surface area contributed by atoms with E-state index in [-0.39, 0.29) is 0 Å². The normalized spacial score (nSPS) is 17.4. The minimum Gasteiger partial charge on any atom is -0.495 e. The molecule has 1 aromatic rings. The third-order valence-corrected chi connectivity index (χ3v) is 3.77. The predicted molar refractivity (Wildman–Crippen MR) is 73.0 cm³/mol. The van der Waals surface area contributed by atoms with Crippen molar-refractivity contribution < 1.29 is 4.74 Å². The van der Waals surface area contributed by atoms with Gasteiger partial charge in [0, 0.05) is 11.7 Å². The first-order chi connectivity index (χ1) is 8.19. The van der Waals surface area contributed by atoms with Gasteiger partial charge in [0.1, 0.15) is 5.75 Å². The molecule has 3 heteroatoms. The summed E-state index contributed by atoms with van der Waals surface area (Å²) in [5.74, 6) is 1.65. The van der Waals surface area contributed by atoms with Gasteiger partial charge in [0.25, 0.3) is 0 Å². The van der Waals surface area contributed by atoms with Gasteiger partial charge in [0.05, 0.1) is 12.1 Å². The van der Waals surface area contributed by atoms with E-state index in [1.807, 2.05) is 18.2 Å². The second kappa shape index (κ2) is 5.63. The van der Waals surface area contributed by atoms with E-state index in [0.29, 0.717) is 11.1 Å². The molecule has 94 valence electrons. The van der Waals surface area contributed by atoms with Crippen LogP contribution in [0.5, 0.6) is 5.75 Å². The number of benzene rings is 1. The van der Waals surface area contributed by atoms with E-state index < -0.39 is 0 Å². The Morgan fingerprint density at radius 2 is 2.24 bits per heavy atom. The molecule has 17 heavy (non-hydrogen) atoms. The molecule has 1 fully saturated rings. The molecule has 0 aliphatic heterocycles. The van der Waals surface area contributed by atoms with Crippen LogP contribution in [0.1, 0.15) is 32.6 Å². The quantitative estimate of drug-likeness (QED) is 0.843. The molecule has 1 atom stereocenters. The van der Waals surface area contributed by atoms with Crippen molar-refractivity contribution in [3.05, 3.63) is 23.2 Å². The monoisotopic (exact) mass is 253 g/mol. The van der Waals surface area contributed by atoms with Crippen LogP contribution in [0.15, 0.2) is 18.2 Å². The molecular formula is C14H20ClNO. The zero-order valence-corrected chi connectivity index (χ0v) is 11.3. The molecule has 1 N–H and O–H groups in total. The molecule has 2 nitrogen and oxygen atoms in total. The first kappa shape index (κ1) is 12.6.